The molecule has 1 aliphatic rings. The van der Waals surface area contributed by atoms with Crippen LogP contribution in [0.2, 0.25) is 0 Å². The largest absolute Gasteiger partial charge is 0.378 e. The van der Waals surface area contributed by atoms with Crippen LogP contribution in [0.15, 0.2) is 12.3 Å². The highest BCUT2D eigenvalue weighted by atomic mass is 16.6. The molecule has 1 aliphatic heterocycles. The van der Waals surface area contributed by atoms with Crippen LogP contribution in [0, 0.1) is 10.1 Å². The van der Waals surface area contributed by atoms with E-state index in [9.17, 15) is 10.1 Å². The van der Waals surface area contributed by atoms with Gasteiger partial charge in [-0.15, -0.1) is 0 Å². The van der Waals surface area contributed by atoms with Crippen LogP contribution >= 0.6 is 0 Å². The number of rotatable bonds is 2. The van der Waals surface area contributed by atoms with E-state index in [4.69, 9.17) is 10.5 Å². The van der Waals surface area contributed by atoms with E-state index in [1.165, 1.54) is 6.20 Å². The maximum atomic E-state index is 10.9. The lowest BCUT2D eigenvalue weighted by Gasteiger charge is -2.28. The Labute approximate surface area is 92.0 Å². The minimum atomic E-state index is -0.493. The maximum Gasteiger partial charge on any atom is 0.334 e. The summed E-state index contributed by atoms with van der Waals surface area (Å²) in [7, 11) is 0. The Morgan fingerprint density at radius 2 is 2.19 bits per heavy atom. The number of pyridine rings is 1. The van der Waals surface area contributed by atoms with E-state index in [0.717, 1.165) is 0 Å². The molecule has 0 atom stereocenters. The number of aromatic nitrogens is 1. The fourth-order valence-electron chi connectivity index (χ4n) is 1.71. The molecule has 0 aromatic carbocycles. The van der Waals surface area contributed by atoms with Crippen molar-refractivity contribution in [2.45, 2.75) is 0 Å². The Hall–Kier alpha value is -1.89. The fourth-order valence-corrected chi connectivity index (χ4v) is 1.71. The first kappa shape index (κ1) is 10.6. The number of anilines is 2. The molecule has 0 radical (unpaired) electrons. The van der Waals surface area contributed by atoms with Gasteiger partial charge < -0.3 is 15.4 Å². The monoisotopic (exact) mass is 224 g/mol. The molecule has 1 aromatic rings. The van der Waals surface area contributed by atoms with Gasteiger partial charge in [-0.3, -0.25) is 10.1 Å². The zero-order valence-corrected chi connectivity index (χ0v) is 8.63. The van der Waals surface area contributed by atoms with Crippen molar-refractivity contribution in [1.29, 1.82) is 0 Å². The number of hydrogen-bond acceptors (Lipinski definition) is 6. The van der Waals surface area contributed by atoms with Gasteiger partial charge in [-0.05, 0) is 6.07 Å². The predicted octanol–water partition coefficient (Wildman–Crippen LogP) is 0.409. The molecule has 0 amide bonds. The van der Waals surface area contributed by atoms with E-state index in [1.54, 1.807) is 6.07 Å². The summed E-state index contributed by atoms with van der Waals surface area (Å²) in [5, 5.41) is 10.9. The van der Waals surface area contributed by atoms with Crippen molar-refractivity contribution in [2.75, 3.05) is 36.9 Å². The summed E-state index contributed by atoms with van der Waals surface area (Å²) in [5.41, 5.74) is 5.91. The summed E-state index contributed by atoms with van der Waals surface area (Å²) >= 11 is 0. The third kappa shape index (κ3) is 1.89. The number of nitrogen functional groups attached to an aromatic ring is 1. The Morgan fingerprint density at radius 1 is 1.50 bits per heavy atom. The summed E-state index contributed by atoms with van der Waals surface area (Å²) in [4.78, 5) is 16.0. The summed E-state index contributed by atoms with van der Waals surface area (Å²) in [6.45, 7) is 2.40. The van der Waals surface area contributed by atoms with Gasteiger partial charge in [-0.1, -0.05) is 0 Å². The van der Waals surface area contributed by atoms with Crippen molar-refractivity contribution in [3.63, 3.8) is 0 Å². The number of nitrogens with two attached hydrogens (primary N) is 1. The second-order valence-electron chi connectivity index (χ2n) is 3.42. The smallest absolute Gasteiger partial charge is 0.334 e. The van der Waals surface area contributed by atoms with Crippen molar-refractivity contribution >= 4 is 17.2 Å². The van der Waals surface area contributed by atoms with Gasteiger partial charge in [0.15, 0.2) is 0 Å². The van der Waals surface area contributed by atoms with Crippen molar-refractivity contribution in [2.24, 2.45) is 0 Å². The first-order valence-corrected chi connectivity index (χ1v) is 4.91. The number of ether oxygens (including phenoxy) is 1. The van der Waals surface area contributed by atoms with E-state index < -0.39 is 4.92 Å². The van der Waals surface area contributed by atoms with Crippen LogP contribution in [0.4, 0.5) is 17.2 Å². The summed E-state index contributed by atoms with van der Waals surface area (Å²) in [6, 6.07) is 1.61. The van der Waals surface area contributed by atoms with Crippen molar-refractivity contribution in [3.8, 4) is 0 Å². The minimum absolute atomic E-state index is 0.0472. The maximum absolute atomic E-state index is 10.9. The lowest BCUT2D eigenvalue weighted by Crippen LogP contribution is -2.36. The molecule has 2 N–H and O–H groups in total. The number of nitro groups is 1. The first-order valence-electron chi connectivity index (χ1n) is 4.91. The molecule has 1 aromatic heterocycles. The van der Waals surface area contributed by atoms with Crippen LogP contribution in [-0.4, -0.2) is 36.2 Å². The first-order chi connectivity index (χ1) is 7.70. The summed E-state index contributed by atoms with van der Waals surface area (Å²) in [5.74, 6) is -0.0472. The SMILES string of the molecule is Nc1nccc(N2CCOCC2)c1[N+](=O)[O-]. The molecule has 0 unspecified atom stereocenters. The van der Waals surface area contributed by atoms with Gasteiger partial charge in [0, 0.05) is 19.3 Å². The molecule has 2 rings (SSSR count). The van der Waals surface area contributed by atoms with Gasteiger partial charge >= 0.3 is 5.69 Å². The molecule has 0 spiro atoms. The molecule has 7 heteroatoms. The zero-order chi connectivity index (χ0) is 11.5. The molecule has 7 nitrogen and oxygen atoms in total. The standard InChI is InChI=1S/C9H12N4O3/c10-9-8(13(14)15)7(1-2-11-9)12-3-5-16-6-4-12/h1-2H,3-6H2,(H2,10,11). The van der Waals surface area contributed by atoms with Gasteiger partial charge in [0.2, 0.25) is 5.82 Å². The van der Waals surface area contributed by atoms with Crippen molar-refractivity contribution in [1.82, 2.24) is 4.98 Å². The predicted molar refractivity (Wildman–Crippen MR) is 58.3 cm³/mol. The molecular formula is C9H12N4O3. The lowest BCUT2D eigenvalue weighted by atomic mass is 10.2. The molecule has 0 aliphatic carbocycles. The normalized spacial score (nSPS) is 16.1. The van der Waals surface area contributed by atoms with Crippen LogP contribution in [-0.2, 0) is 4.74 Å². The van der Waals surface area contributed by atoms with Crippen LogP contribution in [0.25, 0.3) is 0 Å². The summed E-state index contributed by atoms with van der Waals surface area (Å²) < 4.78 is 5.19. The second kappa shape index (κ2) is 4.31. The van der Waals surface area contributed by atoms with E-state index in [2.05, 4.69) is 4.98 Å². The highest BCUT2D eigenvalue weighted by Gasteiger charge is 2.24. The van der Waals surface area contributed by atoms with Crippen LogP contribution in [0.5, 0.6) is 0 Å². The molecule has 2 heterocycles. The molecule has 1 fully saturated rings. The average Bonchev–Trinajstić information content (AvgIpc) is 2.29. The van der Waals surface area contributed by atoms with E-state index in [-0.39, 0.29) is 11.5 Å². The third-order valence-electron chi connectivity index (χ3n) is 2.47. The van der Waals surface area contributed by atoms with Crippen LogP contribution < -0.4 is 10.6 Å². The fraction of sp³-hybridized carbons (Fsp3) is 0.444. The quantitative estimate of drug-likeness (QED) is 0.577. The van der Waals surface area contributed by atoms with Gasteiger partial charge in [0.25, 0.3) is 0 Å². The number of morpholine rings is 1. The Morgan fingerprint density at radius 3 is 2.81 bits per heavy atom. The Bertz CT molecular complexity index is 404. The average molecular weight is 224 g/mol. The van der Waals surface area contributed by atoms with Crippen molar-refractivity contribution in [3.05, 3.63) is 22.4 Å². The number of hydrogen-bond donors (Lipinski definition) is 1. The van der Waals surface area contributed by atoms with Gasteiger partial charge in [-0.25, -0.2) is 4.98 Å². The second-order valence-corrected chi connectivity index (χ2v) is 3.42. The van der Waals surface area contributed by atoms with Crippen molar-refractivity contribution < 1.29 is 9.66 Å². The molecular weight excluding hydrogens is 212 g/mol. The topological polar surface area (TPSA) is 94.5 Å². The van der Waals surface area contributed by atoms with E-state index in [0.29, 0.717) is 32.0 Å². The van der Waals surface area contributed by atoms with E-state index in [1.807, 2.05) is 4.90 Å². The summed E-state index contributed by atoms with van der Waals surface area (Å²) in [6.07, 6.45) is 1.48. The third-order valence-corrected chi connectivity index (χ3v) is 2.47. The molecule has 0 bridgehead atoms. The molecule has 1 saturated heterocycles. The molecule has 0 saturated carbocycles. The lowest BCUT2D eigenvalue weighted by molar-refractivity contribution is -0.383. The van der Waals surface area contributed by atoms with Gasteiger partial charge in [0.05, 0.1) is 18.1 Å². The highest BCUT2D eigenvalue weighted by Crippen LogP contribution is 2.32. The Balaban J connectivity index is 2.38. The van der Waals surface area contributed by atoms with E-state index >= 15 is 0 Å². The zero-order valence-electron chi connectivity index (χ0n) is 8.63. The minimum Gasteiger partial charge on any atom is -0.378 e. The van der Waals surface area contributed by atoms with Gasteiger partial charge in [0.1, 0.15) is 5.69 Å². The Kier molecular flexibility index (Phi) is 2.86. The van der Waals surface area contributed by atoms with Crippen LogP contribution in [0.1, 0.15) is 0 Å². The van der Waals surface area contributed by atoms with Crippen LogP contribution in [0.3, 0.4) is 0 Å². The molecule has 86 valence electrons. The number of nitrogens with zero attached hydrogens (tertiary/aromatic N) is 3. The van der Waals surface area contributed by atoms with Gasteiger partial charge in [-0.2, -0.15) is 0 Å². The molecule has 16 heavy (non-hydrogen) atoms. The highest BCUT2D eigenvalue weighted by molar-refractivity contribution is 5.72.